The van der Waals surface area contributed by atoms with Crippen LogP contribution in [0.2, 0.25) is 5.02 Å². The third kappa shape index (κ3) is 4.47. The van der Waals surface area contributed by atoms with Crippen LogP contribution in [-0.4, -0.2) is 36.0 Å². The van der Waals surface area contributed by atoms with E-state index in [9.17, 15) is 14.9 Å². The molecule has 0 atom stereocenters. The van der Waals surface area contributed by atoms with Crippen molar-refractivity contribution in [3.05, 3.63) is 38.9 Å². The van der Waals surface area contributed by atoms with Gasteiger partial charge in [0.25, 0.3) is 5.69 Å². The summed E-state index contributed by atoms with van der Waals surface area (Å²) in [7, 11) is 1.33. The topological polar surface area (TPSA) is 72.7 Å². The van der Waals surface area contributed by atoms with Crippen molar-refractivity contribution in [2.45, 2.75) is 19.9 Å². The van der Waals surface area contributed by atoms with Gasteiger partial charge in [-0.15, -0.1) is 0 Å². The summed E-state index contributed by atoms with van der Waals surface area (Å²) in [5, 5.41) is 11.4. The van der Waals surface area contributed by atoms with Gasteiger partial charge in [-0.1, -0.05) is 24.6 Å². The molecular weight excluding hydrogens is 284 g/mol. The van der Waals surface area contributed by atoms with Crippen LogP contribution in [-0.2, 0) is 16.1 Å². The number of nitro benzene ring substituents is 1. The van der Waals surface area contributed by atoms with Crippen LogP contribution in [0.25, 0.3) is 0 Å². The van der Waals surface area contributed by atoms with Gasteiger partial charge < -0.3 is 4.74 Å². The Bertz CT molecular complexity index is 493. The number of nitrogens with zero attached hydrogens (tertiary/aromatic N) is 2. The monoisotopic (exact) mass is 300 g/mol. The van der Waals surface area contributed by atoms with E-state index >= 15 is 0 Å². The maximum atomic E-state index is 11.1. The second-order valence-electron chi connectivity index (χ2n) is 4.19. The molecule has 0 spiro atoms. The van der Waals surface area contributed by atoms with Gasteiger partial charge in [-0.3, -0.25) is 19.8 Å². The van der Waals surface area contributed by atoms with Crippen molar-refractivity contribution in [2.24, 2.45) is 0 Å². The van der Waals surface area contributed by atoms with Crippen LogP contribution in [0.4, 0.5) is 5.69 Å². The van der Waals surface area contributed by atoms with E-state index in [1.165, 1.54) is 13.2 Å². The fraction of sp³-hybridized carbons (Fsp3) is 0.462. The van der Waals surface area contributed by atoms with Gasteiger partial charge in [-0.25, -0.2) is 0 Å². The highest BCUT2D eigenvalue weighted by molar-refractivity contribution is 6.31. The van der Waals surface area contributed by atoms with Crippen molar-refractivity contribution in [1.82, 2.24) is 4.90 Å². The van der Waals surface area contributed by atoms with Crippen LogP contribution in [0.5, 0.6) is 0 Å². The van der Waals surface area contributed by atoms with Gasteiger partial charge in [0.05, 0.1) is 29.0 Å². The van der Waals surface area contributed by atoms with Crippen molar-refractivity contribution in [3.63, 3.8) is 0 Å². The molecule has 1 aromatic carbocycles. The molecule has 7 heteroatoms. The van der Waals surface area contributed by atoms with E-state index in [4.69, 9.17) is 11.6 Å². The molecule has 1 aromatic rings. The zero-order valence-electron chi connectivity index (χ0n) is 11.5. The third-order valence-electron chi connectivity index (χ3n) is 2.98. The molecule has 1 rings (SSSR count). The van der Waals surface area contributed by atoms with E-state index in [0.717, 1.165) is 0 Å². The van der Waals surface area contributed by atoms with Crippen LogP contribution >= 0.6 is 11.6 Å². The number of benzene rings is 1. The Morgan fingerprint density at radius 2 is 2.20 bits per heavy atom. The maximum absolute atomic E-state index is 11.1. The predicted molar refractivity (Wildman–Crippen MR) is 75.7 cm³/mol. The summed E-state index contributed by atoms with van der Waals surface area (Å²) in [4.78, 5) is 23.6. The first-order valence-corrected chi connectivity index (χ1v) is 6.58. The number of halogens is 1. The van der Waals surface area contributed by atoms with E-state index in [0.29, 0.717) is 30.2 Å². The number of carbonyl (C=O) groups excluding carboxylic acids is 1. The SMILES string of the molecule is CCN(CCC(=O)OC)Cc1c(Cl)cccc1[N+](=O)[O-]. The molecule has 0 aromatic heterocycles. The zero-order valence-corrected chi connectivity index (χ0v) is 12.2. The van der Waals surface area contributed by atoms with E-state index in [2.05, 4.69) is 4.74 Å². The molecule has 20 heavy (non-hydrogen) atoms. The number of hydrogen-bond donors (Lipinski definition) is 0. The first-order valence-electron chi connectivity index (χ1n) is 6.20. The van der Waals surface area contributed by atoms with Gasteiger partial charge in [-0.2, -0.15) is 0 Å². The largest absolute Gasteiger partial charge is 0.469 e. The molecular formula is C13H17ClN2O4. The maximum Gasteiger partial charge on any atom is 0.306 e. The number of rotatable bonds is 7. The van der Waals surface area contributed by atoms with Crippen molar-refractivity contribution < 1.29 is 14.5 Å². The van der Waals surface area contributed by atoms with E-state index in [1.54, 1.807) is 12.1 Å². The second kappa shape index (κ2) is 7.81. The molecule has 110 valence electrons. The van der Waals surface area contributed by atoms with Crippen molar-refractivity contribution in [3.8, 4) is 0 Å². The van der Waals surface area contributed by atoms with Gasteiger partial charge in [0, 0.05) is 19.2 Å². The molecule has 0 fully saturated rings. The lowest BCUT2D eigenvalue weighted by Crippen LogP contribution is -2.26. The summed E-state index contributed by atoms with van der Waals surface area (Å²) in [6, 6.07) is 4.60. The minimum atomic E-state index is -0.449. The highest BCUT2D eigenvalue weighted by atomic mass is 35.5. The molecule has 0 aliphatic carbocycles. The van der Waals surface area contributed by atoms with Gasteiger partial charge in [-0.05, 0) is 12.6 Å². The lowest BCUT2D eigenvalue weighted by atomic mass is 10.1. The number of methoxy groups -OCH3 is 1. The smallest absolute Gasteiger partial charge is 0.306 e. The van der Waals surface area contributed by atoms with Crippen LogP contribution in [0.1, 0.15) is 18.9 Å². The van der Waals surface area contributed by atoms with Crippen LogP contribution in [0.3, 0.4) is 0 Å². The molecule has 0 aliphatic rings. The molecule has 0 radical (unpaired) electrons. The normalized spacial score (nSPS) is 10.6. The first-order chi connectivity index (χ1) is 9.49. The van der Waals surface area contributed by atoms with Crippen LogP contribution in [0, 0.1) is 10.1 Å². The van der Waals surface area contributed by atoms with Crippen molar-refractivity contribution in [2.75, 3.05) is 20.2 Å². The summed E-state index contributed by atoms with van der Waals surface area (Å²) >= 11 is 6.04. The second-order valence-corrected chi connectivity index (χ2v) is 4.60. The predicted octanol–water partition coefficient (Wildman–Crippen LogP) is 2.63. The molecule has 0 saturated heterocycles. The minimum absolute atomic E-state index is 0.00554. The highest BCUT2D eigenvalue weighted by Gasteiger charge is 2.19. The highest BCUT2D eigenvalue weighted by Crippen LogP contribution is 2.27. The average Bonchev–Trinajstić information content (AvgIpc) is 2.44. The number of hydrogen-bond acceptors (Lipinski definition) is 5. The Labute approximate surface area is 122 Å². The fourth-order valence-electron chi connectivity index (χ4n) is 1.80. The van der Waals surface area contributed by atoms with Gasteiger partial charge >= 0.3 is 5.97 Å². The van der Waals surface area contributed by atoms with Crippen molar-refractivity contribution in [1.29, 1.82) is 0 Å². The van der Waals surface area contributed by atoms with E-state index in [-0.39, 0.29) is 18.1 Å². The Morgan fingerprint density at radius 1 is 1.50 bits per heavy atom. The average molecular weight is 301 g/mol. The summed E-state index contributed by atoms with van der Waals surface area (Å²) in [6.07, 6.45) is 0.239. The molecule has 0 heterocycles. The number of ether oxygens (including phenoxy) is 1. The molecule has 0 bridgehead atoms. The fourth-order valence-corrected chi connectivity index (χ4v) is 2.03. The molecule has 0 saturated carbocycles. The van der Waals surface area contributed by atoms with Gasteiger partial charge in [0.1, 0.15) is 0 Å². The van der Waals surface area contributed by atoms with Gasteiger partial charge in [0.15, 0.2) is 0 Å². The molecule has 0 unspecified atom stereocenters. The Kier molecular flexibility index (Phi) is 6.41. The number of nitro groups is 1. The lowest BCUT2D eigenvalue weighted by Gasteiger charge is -2.20. The first kappa shape index (κ1) is 16.4. The summed E-state index contributed by atoms with van der Waals surface area (Å²) < 4.78 is 4.58. The molecule has 0 N–H and O–H groups in total. The Morgan fingerprint density at radius 3 is 2.75 bits per heavy atom. The number of esters is 1. The van der Waals surface area contributed by atoms with Crippen LogP contribution in [0.15, 0.2) is 18.2 Å². The zero-order chi connectivity index (χ0) is 15.1. The quantitative estimate of drug-likeness (QED) is 0.440. The lowest BCUT2D eigenvalue weighted by molar-refractivity contribution is -0.385. The van der Waals surface area contributed by atoms with E-state index in [1.807, 2.05) is 11.8 Å². The summed E-state index contributed by atoms with van der Waals surface area (Å²) in [5.41, 5.74) is 0.458. The van der Waals surface area contributed by atoms with Crippen LogP contribution < -0.4 is 0 Å². The molecule has 0 amide bonds. The van der Waals surface area contributed by atoms with Crippen molar-refractivity contribution >= 4 is 23.3 Å². The Balaban J connectivity index is 2.84. The minimum Gasteiger partial charge on any atom is -0.469 e. The standard InChI is InChI=1S/C13H17ClN2O4/c1-3-15(8-7-13(17)20-2)9-10-11(14)5-4-6-12(10)16(18)19/h4-6H,3,7-9H2,1-2H3. The summed E-state index contributed by atoms with van der Waals surface area (Å²) in [6.45, 7) is 3.36. The molecule has 6 nitrogen and oxygen atoms in total. The third-order valence-corrected chi connectivity index (χ3v) is 3.33. The van der Waals surface area contributed by atoms with Gasteiger partial charge in [0.2, 0.25) is 0 Å². The Hall–Kier alpha value is -1.66. The van der Waals surface area contributed by atoms with E-state index < -0.39 is 4.92 Å². The number of carbonyl (C=O) groups is 1. The summed E-state index contributed by atoms with van der Waals surface area (Å²) in [5.74, 6) is -0.308. The molecule has 0 aliphatic heterocycles.